The summed E-state index contributed by atoms with van der Waals surface area (Å²) in [6.07, 6.45) is 10.6. The van der Waals surface area contributed by atoms with E-state index >= 15 is 0 Å². The highest BCUT2D eigenvalue weighted by Crippen LogP contribution is 2.38. The van der Waals surface area contributed by atoms with E-state index in [4.69, 9.17) is 14.6 Å². The van der Waals surface area contributed by atoms with Gasteiger partial charge >= 0.3 is 0 Å². The molecule has 0 aromatic carbocycles. The molecule has 1 fully saturated rings. The van der Waals surface area contributed by atoms with Gasteiger partial charge in [-0.1, -0.05) is 6.08 Å². The van der Waals surface area contributed by atoms with Gasteiger partial charge in [0, 0.05) is 49.2 Å². The lowest BCUT2D eigenvalue weighted by Gasteiger charge is -2.27. The number of ether oxygens (including phenoxy) is 1. The van der Waals surface area contributed by atoms with Crippen LogP contribution in [0.4, 0.5) is 5.95 Å². The maximum Gasteiger partial charge on any atom is 0.241 e. The van der Waals surface area contributed by atoms with Crippen LogP contribution in [0.1, 0.15) is 63.1 Å². The van der Waals surface area contributed by atoms with Gasteiger partial charge in [-0.25, -0.2) is 13.7 Å². The van der Waals surface area contributed by atoms with E-state index in [1.807, 2.05) is 23.7 Å². The SMILES string of the molecule is COC[C@H](C)Nc1ncc2c(C3=CCC(C)([S@@](C)(=N)=O)N=C3)cc([C@H]3CC[C@H](O)CC3)n2n1. The monoisotopic (exact) mass is 474 g/mol. The number of hydrogen-bond donors (Lipinski definition) is 3. The molecule has 33 heavy (non-hydrogen) atoms. The summed E-state index contributed by atoms with van der Waals surface area (Å²) in [4.78, 5) is 8.16. The molecule has 0 saturated heterocycles. The number of aliphatic hydroxyl groups excluding tert-OH is 1. The van der Waals surface area contributed by atoms with Gasteiger partial charge in [0.2, 0.25) is 5.95 Å². The summed E-state index contributed by atoms with van der Waals surface area (Å²) < 4.78 is 27.6. The molecule has 0 bridgehead atoms. The van der Waals surface area contributed by atoms with E-state index in [0.29, 0.717) is 24.9 Å². The van der Waals surface area contributed by atoms with Gasteiger partial charge < -0.3 is 15.2 Å². The van der Waals surface area contributed by atoms with Crippen LogP contribution in [0.3, 0.4) is 0 Å². The zero-order valence-corrected chi connectivity index (χ0v) is 20.6. The Hall–Kier alpha value is -2.30. The molecule has 2 aromatic rings. The van der Waals surface area contributed by atoms with Gasteiger partial charge in [0.15, 0.2) is 0 Å². The zero-order valence-electron chi connectivity index (χ0n) is 19.7. The first-order chi connectivity index (χ1) is 15.6. The number of nitrogens with one attached hydrogen (secondary N) is 2. The summed E-state index contributed by atoms with van der Waals surface area (Å²) >= 11 is 0. The van der Waals surface area contributed by atoms with Crippen molar-refractivity contribution < 1.29 is 14.1 Å². The van der Waals surface area contributed by atoms with Gasteiger partial charge in [0.05, 0.1) is 34.2 Å². The number of methoxy groups -OCH3 is 1. The quantitative estimate of drug-likeness (QED) is 0.564. The van der Waals surface area contributed by atoms with Crippen molar-refractivity contribution >= 4 is 33.0 Å². The lowest BCUT2D eigenvalue weighted by Crippen LogP contribution is -2.32. The van der Waals surface area contributed by atoms with E-state index in [-0.39, 0.29) is 12.1 Å². The molecule has 1 aliphatic carbocycles. The number of allylic oxidation sites excluding steroid dienone is 1. The van der Waals surface area contributed by atoms with Crippen LogP contribution in [0.15, 0.2) is 23.3 Å². The average Bonchev–Trinajstić information content (AvgIpc) is 3.13. The molecule has 180 valence electrons. The molecule has 3 atom stereocenters. The normalized spacial score (nSPS) is 28.3. The van der Waals surface area contributed by atoms with Crippen molar-refractivity contribution in [1.29, 1.82) is 4.78 Å². The Kier molecular flexibility index (Phi) is 6.61. The van der Waals surface area contributed by atoms with Crippen molar-refractivity contribution in [3.8, 4) is 0 Å². The molecule has 3 heterocycles. The maximum atomic E-state index is 12.4. The van der Waals surface area contributed by atoms with E-state index in [2.05, 4.69) is 21.4 Å². The molecule has 0 radical (unpaired) electrons. The van der Waals surface area contributed by atoms with Gasteiger partial charge in [0.1, 0.15) is 4.87 Å². The smallest absolute Gasteiger partial charge is 0.241 e. The summed E-state index contributed by atoms with van der Waals surface area (Å²) in [6.45, 7) is 4.33. The molecule has 1 saturated carbocycles. The van der Waals surface area contributed by atoms with Crippen LogP contribution >= 0.6 is 0 Å². The fourth-order valence-corrected chi connectivity index (χ4v) is 5.19. The molecule has 0 spiro atoms. The lowest BCUT2D eigenvalue weighted by molar-refractivity contribution is 0.121. The third-order valence-electron chi connectivity index (χ3n) is 6.78. The van der Waals surface area contributed by atoms with Crippen LogP contribution in [0.2, 0.25) is 0 Å². The second-order valence-corrected chi connectivity index (χ2v) is 12.1. The van der Waals surface area contributed by atoms with E-state index in [0.717, 1.165) is 48.0 Å². The predicted octanol–water partition coefficient (Wildman–Crippen LogP) is 3.45. The van der Waals surface area contributed by atoms with Crippen LogP contribution in [-0.2, 0) is 14.5 Å². The van der Waals surface area contributed by atoms with Crippen LogP contribution in [0.25, 0.3) is 11.1 Å². The van der Waals surface area contributed by atoms with Crippen molar-refractivity contribution in [2.75, 3.05) is 25.3 Å². The molecule has 3 N–H and O–H groups in total. The first-order valence-electron chi connectivity index (χ1n) is 11.4. The van der Waals surface area contributed by atoms with Crippen molar-refractivity contribution in [3.63, 3.8) is 0 Å². The van der Waals surface area contributed by atoms with Crippen molar-refractivity contribution in [2.24, 2.45) is 4.99 Å². The molecule has 2 aromatic heterocycles. The molecule has 1 aliphatic heterocycles. The number of aromatic nitrogens is 3. The van der Waals surface area contributed by atoms with Gasteiger partial charge in [-0.15, -0.1) is 5.10 Å². The number of dihydropyridines is 1. The Bertz CT molecular complexity index is 1180. The zero-order chi connectivity index (χ0) is 23.8. The standard InChI is InChI=1S/C23H34N6O3S/c1-15(14-32-3)27-22-25-13-21-19(17-9-10-23(2,26-12-17)33(4,24)31)11-20(29(21)28-22)16-5-7-18(30)8-6-16/h9,11-13,15-16,18,24,30H,5-8,10,14H2,1-4H3,(H,27,28)/t15-,16-,18-,23?,33-/m0/s1. The van der Waals surface area contributed by atoms with Crippen LogP contribution in [0, 0.1) is 4.78 Å². The van der Waals surface area contributed by atoms with Gasteiger partial charge in [-0.2, -0.15) is 0 Å². The van der Waals surface area contributed by atoms with Crippen molar-refractivity contribution in [1.82, 2.24) is 14.6 Å². The third kappa shape index (κ3) is 4.83. The minimum absolute atomic E-state index is 0.0652. The molecular weight excluding hydrogens is 440 g/mol. The second kappa shape index (κ2) is 9.15. The van der Waals surface area contributed by atoms with Crippen molar-refractivity contribution in [3.05, 3.63) is 29.6 Å². The molecule has 9 nitrogen and oxygen atoms in total. The first kappa shape index (κ1) is 23.8. The number of aliphatic imine (C=N–C) groups is 1. The highest BCUT2D eigenvalue weighted by Gasteiger charge is 2.33. The highest BCUT2D eigenvalue weighted by atomic mass is 32.2. The van der Waals surface area contributed by atoms with Crippen LogP contribution in [-0.4, -0.2) is 67.1 Å². The fourth-order valence-electron chi connectivity index (χ4n) is 4.54. The minimum Gasteiger partial charge on any atom is -0.393 e. The van der Waals surface area contributed by atoms with E-state index in [1.54, 1.807) is 20.2 Å². The average molecular weight is 475 g/mol. The molecule has 1 unspecified atom stereocenters. The van der Waals surface area contributed by atoms with Gasteiger partial charge in [-0.3, -0.25) is 9.77 Å². The van der Waals surface area contributed by atoms with Gasteiger partial charge in [0.25, 0.3) is 0 Å². The second-order valence-electron chi connectivity index (χ2n) is 9.51. The number of rotatable bonds is 7. The summed E-state index contributed by atoms with van der Waals surface area (Å²) in [5.74, 6) is 0.827. The minimum atomic E-state index is -2.83. The number of aliphatic hydroxyl groups is 1. The summed E-state index contributed by atoms with van der Waals surface area (Å²) in [7, 11) is -1.16. The molecule has 10 heteroatoms. The summed E-state index contributed by atoms with van der Waals surface area (Å²) in [5.41, 5.74) is 3.88. The Morgan fingerprint density at radius 3 is 2.73 bits per heavy atom. The van der Waals surface area contributed by atoms with Crippen LogP contribution in [0.5, 0.6) is 0 Å². The maximum absolute atomic E-state index is 12.4. The molecule has 0 amide bonds. The number of nitrogens with zero attached hydrogens (tertiary/aromatic N) is 4. The van der Waals surface area contributed by atoms with Crippen LogP contribution < -0.4 is 5.32 Å². The Morgan fingerprint density at radius 2 is 2.12 bits per heavy atom. The summed E-state index contributed by atoms with van der Waals surface area (Å²) in [5, 5.41) is 18.1. The summed E-state index contributed by atoms with van der Waals surface area (Å²) in [6, 6.07) is 2.22. The largest absolute Gasteiger partial charge is 0.393 e. The molecule has 2 aliphatic rings. The fraction of sp³-hybridized carbons (Fsp3) is 0.609. The lowest BCUT2D eigenvalue weighted by atomic mass is 9.85. The van der Waals surface area contributed by atoms with E-state index in [1.165, 1.54) is 6.26 Å². The molecular formula is C23H34N6O3S. The van der Waals surface area contributed by atoms with E-state index in [9.17, 15) is 9.32 Å². The predicted molar refractivity (Wildman–Crippen MR) is 131 cm³/mol. The topological polar surface area (TPSA) is 125 Å². The third-order valence-corrected chi connectivity index (χ3v) is 8.73. The molecule has 4 rings (SSSR count). The Balaban J connectivity index is 1.74. The Morgan fingerprint density at radius 1 is 1.39 bits per heavy atom. The Labute approximate surface area is 195 Å². The number of fused-ring (bicyclic) bond motifs is 1. The van der Waals surface area contributed by atoms with Gasteiger partial charge in [-0.05, 0) is 51.2 Å². The van der Waals surface area contributed by atoms with Crippen molar-refractivity contribution in [2.45, 2.75) is 68.9 Å². The number of anilines is 1. The number of hydrogen-bond acceptors (Lipinski definition) is 8. The van der Waals surface area contributed by atoms with E-state index < -0.39 is 14.6 Å². The first-order valence-corrected chi connectivity index (χ1v) is 13.4. The highest BCUT2D eigenvalue weighted by molar-refractivity contribution is 7.93.